The molecule has 80 valence electrons. The molecule has 0 atom stereocenters. The first kappa shape index (κ1) is 10.4. The van der Waals surface area contributed by atoms with Crippen LogP contribution in [-0.2, 0) is 6.42 Å². The van der Waals surface area contributed by atoms with Gasteiger partial charge in [-0.2, -0.15) is 5.26 Å². The lowest BCUT2D eigenvalue weighted by molar-refractivity contribution is 0.517. The Balaban J connectivity index is 2.58. The van der Waals surface area contributed by atoms with E-state index in [0.717, 1.165) is 16.9 Å². The van der Waals surface area contributed by atoms with Crippen LogP contribution in [0.1, 0.15) is 18.2 Å². The van der Waals surface area contributed by atoms with Crippen LogP contribution >= 0.6 is 0 Å². The molecule has 0 saturated heterocycles. The molecule has 2 rings (SSSR count). The molecule has 0 aliphatic heterocycles. The molecule has 2 nitrogen and oxygen atoms in total. The summed E-state index contributed by atoms with van der Waals surface area (Å²) in [4.78, 5) is 0. The summed E-state index contributed by atoms with van der Waals surface area (Å²) >= 11 is 0. The molecule has 0 amide bonds. The van der Waals surface area contributed by atoms with E-state index in [1.807, 2.05) is 6.92 Å². The van der Waals surface area contributed by atoms with Crippen molar-refractivity contribution in [2.24, 2.45) is 0 Å². The molecule has 0 fully saturated rings. The molecule has 0 saturated carbocycles. The summed E-state index contributed by atoms with van der Waals surface area (Å²) < 4.78 is 18.1. The fourth-order valence-corrected chi connectivity index (χ4v) is 1.67. The Hall–Kier alpha value is -2.08. The first-order valence-corrected chi connectivity index (χ1v) is 5.02. The predicted octanol–water partition coefficient (Wildman–Crippen LogP) is 3.52. The van der Waals surface area contributed by atoms with Gasteiger partial charge in [0, 0.05) is 12.0 Å². The molecule has 1 aromatic heterocycles. The summed E-state index contributed by atoms with van der Waals surface area (Å²) in [5, 5.41) is 8.96. The van der Waals surface area contributed by atoms with Gasteiger partial charge in [0.05, 0.1) is 5.56 Å². The molecule has 0 aliphatic carbocycles. The minimum atomic E-state index is -0.288. The maximum Gasteiger partial charge on any atom is 0.123 e. The fraction of sp³-hybridized carbons (Fsp3) is 0.154. The molecule has 0 unspecified atom stereocenters. The van der Waals surface area contributed by atoms with Gasteiger partial charge in [-0.15, -0.1) is 0 Å². The number of halogens is 1. The molecule has 0 N–H and O–H groups in total. The summed E-state index contributed by atoms with van der Waals surface area (Å²) in [6.07, 6.45) is 2.14. The van der Waals surface area contributed by atoms with E-state index in [9.17, 15) is 4.39 Å². The van der Waals surface area contributed by atoms with Crippen LogP contribution in [0.4, 0.5) is 4.39 Å². The summed E-state index contributed by atoms with van der Waals surface area (Å²) in [6.45, 7) is 1.95. The van der Waals surface area contributed by atoms with Gasteiger partial charge < -0.3 is 4.42 Å². The second kappa shape index (κ2) is 4.19. The zero-order valence-electron chi connectivity index (χ0n) is 8.83. The molecule has 0 radical (unpaired) electrons. The number of rotatable bonds is 2. The van der Waals surface area contributed by atoms with Gasteiger partial charge in [-0.1, -0.05) is 19.1 Å². The van der Waals surface area contributed by atoms with E-state index in [0.29, 0.717) is 12.0 Å². The Bertz CT molecular complexity index is 534. The Morgan fingerprint density at radius 2 is 2.00 bits per heavy atom. The average molecular weight is 215 g/mol. The average Bonchev–Trinajstić information content (AvgIpc) is 2.73. The van der Waals surface area contributed by atoms with Crippen molar-refractivity contribution in [1.82, 2.24) is 0 Å². The quantitative estimate of drug-likeness (QED) is 0.768. The first-order valence-electron chi connectivity index (χ1n) is 5.02. The van der Waals surface area contributed by atoms with Gasteiger partial charge in [0.15, 0.2) is 0 Å². The fourth-order valence-electron chi connectivity index (χ4n) is 1.67. The number of aryl methyl sites for hydroxylation is 1. The van der Waals surface area contributed by atoms with Crippen molar-refractivity contribution in [3.63, 3.8) is 0 Å². The van der Waals surface area contributed by atoms with Crippen LogP contribution in [0.15, 0.2) is 34.9 Å². The lowest BCUT2D eigenvalue weighted by Gasteiger charge is -2.01. The first-order chi connectivity index (χ1) is 7.76. The highest BCUT2D eigenvalue weighted by atomic mass is 19.1. The smallest absolute Gasteiger partial charge is 0.123 e. The third kappa shape index (κ3) is 1.70. The van der Waals surface area contributed by atoms with E-state index >= 15 is 0 Å². The molecule has 1 heterocycles. The predicted molar refractivity (Wildman–Crippen MR) is 58.2 cm³/mol. The van der Waals surface area contributed by atoms with E-state index in [-0.39, 0.29) is 5.82 Å². The number of hydrogen-bond donors (Lipinski definition) is 0. The van der Waals surface area contributed by atoms with E-state index in [1.54, 1.807) is 12.1 Å². The third-order valence-electron chi connectivity index (χ3n) is 2.44. The zero-order chi connectivity index (χ0) is 11.5. The lowest BCUT2D eigenvalue weighted by atomic mass is 10.0. The number of nitrogens with zero attached hydrogens (tertiary/aromatic N) is 1. The van der Waals surface area contributed by atoms with Gasteiger partial charge in [-0.05, 0) is 17.7 Å². The van der Waals surface area contributed by atoms with Crippen LogP contribution in [-0.4, -0.2) is 0 Å². The molecule has 16 heavy (non-hydrogen) atoms. The van der Waals surface area contributed by atoms with Gasteiger partial charge in [-0.25, -0.2) is 4.39 Å². The van der Waals surface area contributed by atoms with Crippen molar-refractivity contribution in [2.75, 3.05) is 0 Å². The molecule has 0 bridgehead atoms. The Kier molecular flexibility index (Phi) is 2.74. The van der Waals surface area contributed by atoms with Gasteiger partial charge in [0.1, 0.15) is 23.9 Å². The highest BCUT2D eigenvalue weighted by Crippen LogP contribution is 2.29. The SMILES string of the molecule is CCc1occ(C#N)c1-c1ccc(F)cc1. The van der Waals surface area contributed by atoms with Crippen molar-refractivity contribution in [3.05, 3.63) is 47.7 Å². The molecular formula is C13H10FNO. The van der Waals surface area contributed by atoms with Gasteiger partial charge in [0.2, 0.25) is 0 Å². The minimum absolute atomic E-state index is 0.288. The Labute approximate surface area is 92.9 Å². The number of nitriles is 1. The van der Waals surface area contributed by atoms with Gasteiger partial charge >= 0.3 is 0 Å². The third-order valence-corrected chi connectivity index (χ3v) is 2.44. The molecule has 3 heteroatoms. The van der Waals surface area contributed by atoms with Crippen molar-refractivity contribution in [2.45, 2.75) is 13.3 Å². The maximum absolute atomic E-state index is 12.8. The number of hydrogen-bond acceptors (Lipinski definition) is 2. The normalized spacial score (nSPS) is 10.1. The molecule has 2 aromatic rings. The highest BCUT2D eigenvalue weighted by molar-refractivity contribution is 5.72. The van der Waals surface area contributed by atoms with Crippen LogP contribution in [0.3, 0.4) is 0 Å². The Morgan fingerprint density at radius 1 is 1.31 bits per heavy atom. The summed E-state index contributed by atoms with van der Waals surface area (Å²) in [7, 11) is 0. The monoisotopic (exact) mass is 215 g/mol. The van der Waals surface area contributed by atoms with Crippen molar-refractivity contribution in [1.29, 1.82) is 5.26 Å². The second-order valence-corrected chi connectivity index (χ2v) is 3.42. The lowest BCUT2D eigenvalue weighted by Crippen LogP contribution is -1.85. The second-order valence-electron chi connectivity index (χ2n) is 3.42. The standard InChI is InChI=1S/C13H10FNO/c1-2-12-13(10(7-15)8-16-12)9-3-5-11(14)6-4-9/h3-6,8H,2H2,1H3. The molecule has 1 aromatic carbocycles. The number of benzene rings is 1. The van der Waals surface area contributed by atoms with Crippen LogP contribution in [0.25, 0.3) is 11.1 Å². The zero-order valence-corrected chi connectivity index (χ0v) is 8.83. The van der Waals surface area contributed by atoms with Crippen molar-refractivity contribution < 1.29 is 8.81 Å². The summed E-state index contributed by atoms with van der Waals surface area (Å²) in [6, 6.07) is 8.14. The Morgan fingerprint density at radius 3 is 2.56 bits per heavy atom. The van der Waals surface area contributed by atoms with Crippen molar-refractivity contribution >= 4 is 0 Å². The van der Waals surface area contributed by atoms with E-state index < -0.39 is 0 Å². The summed E-state index contributed by atoms with van der Waals surface area (Å²) in [5.74, 6) is 0.465. The van der Waals surface area contributed by atoms with Crippen LogP contribution < -0.4 is 0 Å². The topological polar surface area (TPSA) is 36.9 Å². The van der Waals surface area contributed by atoms with Crippen LogP contribution in [0, 0.1) is 17.1 Å². The van der Waals surface area contributed by atoms with Crippen molar-refractivity contribution in [3.8, 4) is 17.2 Å². The van der Waals surface area contributed by atoms with Gasteiger partial charge in [0.25, 0.3) is 0 Å². The van der Waals surface area contributed by atoms with E-state index in [2.05, 4.69) is 6.07 Å². The number of furan rings is 1. The summed E-state index contributed by atoms with van der Waals surface area (Å²) in [5.41, 5.74) is 2.07. The molecular weight excluding hydrogens is 205 g/mol. The van der Waals surface area contributed by atoms with E-state index in [4.69, 9.17) is 9.68 Å². The van der Waals surface area contributed by atoms with Crippen LogP contribution in [0.2, 0.25) is 0 Å². The van der Waals surface area contributed by atoms with E-state index in [1.165, 1.54) is 18.4 Å². The molecule has 0 aliphatic rings. The minimum Gasteiger partial charge on any atom is -0.467 e. The van der Waals surface area contributed by atoms with Crippen LogP contribution in [0.5, 0.6) is 0 Å². The largest absolute Gasteiger partial charge is 0.467 e. The van der Waals surface area contributed by atoms with Gasteiger partial charge in [-0.3, -0.25) is 0 Å². The highest BCUT2D eigenvalue weighted by Gasteiger charge is 2.13. The molecule has 0 spiro atoms. The maximum atomic E-state index is 12.8.